The van der Waals surface area contributed by atoms with Gasteiger partial charge in [-0.3, -0.25) is 14.6 Å². The molecule has 3 rings (SSSR count). The van der Waals surface area contributed by atoms with Crippen LogP contribution in [0, 0.1) is 0 Å². The fourth-order valence-electron chi connectivity index (χ4n) is 1.95. The minimum absolute atomic E-state index is 0.0268. The number of nitrogens with two attached hydrogens (primary N) is 1. The van der Waals surface area contributed by atoms with Gasteiger partial charge < -0.3 is 15.8 Å². The minimum atomic E-state index is -0.643. The maximum atomic E-state index is 12.0. The van der Waals surface area contributed by atoms with Crippen LogP contribution in [0.4, 0.5) is 5.95 Å². The number of aliphatic hydroxyl groups excluding tert-OH is 1. The largest absolute Gasteiger partial charge is 0.507 e. The lowest BCUT2D eigenvalue weighted by Gasteiger charge is -2.02. The average molecular weight is 332 g/mol. The molecule has 0 bridgehead atoms. The van der Waals surface area contributed by atoms with Gasteiger partial charge in [-0.25, -0.2) is 4.98 Å². The van der Waals surface area contributed by atoms with E-state index in [-0.39, 0.29) is 28.6 Å². The molecule has 0 fully saturated rings. The van der Waals surface area contributed by atoms with Crippen molar-refractivity contribution in [1.29, 1.82) is 0 Å². The number of hydrogen-bond acceptors (Lipinski definition) is 6. The molecule has 8 nitrogen and oxygen atoms in total. The van der Waals surface area contributed by atoms with Gasteiger partial charge in [-0.05, 0) is 24.3 Å². The molecule has 0 unspecified atom stereocenters. The fraction of sp³-hybridized carbons (Fsp3) is 0. The van der Waals surface area contributed by atoms with Crippen molar-refractivity contribution in [3.8, 4) is 0 Å². The van der Waals surface area contributed by atoms with Crippen LogP contribution in [0.2, 0.25) is 5.02 Å². The number of nitrogen functional groups attached to an aromatic ring is 1. The van der Waals surface area contributed by atoms with E-state index in [0.717, 1.165) is 0 Å². The molecule has 0 aliphatic carbocycles. The van der Waals surface area contributed by atoms with Gasteiger partial charge in [0.25, 0.3) is 11.1 Å². The molecule has 9 heteroatoms. The Balaban J connectivity index is 2.14. The van der Waals surface area contributed by atoms with Crippen molar-refractivity contribution in [3.05, 3.63) is 61.3 Å². The molecule has 0 amide bonds. The molecule has 0 saturated heterocycles. The predicted molar refractivity (Wildman–Crippen MR) is 87.1 cm³/mol. The number of nitrogens with zero attached hydrogens (tertiary/aromatic N) is 2. The Hall–Kier alpha value is -3.13. The van der Waals surface area contributed by atoms with Gasteiger partial charge in [0.1, 0.15) is 11.5 Å². The van der Waals surface area contributed by atoms with Crippen molar-refractivity contribution >= 4 is 40.5 Å². The molecule has 0 atom stereocenters. The first-order valence-electron chi connectivity index (χ1n) is 6.40. The van der Waals surface area contributed by atoms with Crippen LogP contribution >= 0.6 is 11.6 Å². The van der Waals surface area contributed by atoms with Crippen molar-refractivity contribution < 1.29 is 5.11 Å². The van der Waals surface area contributed by atoms with Gasteiger partial charge in [0.05, 0.1) is 0 Å². The fourth-order valence-corrected chi connectivity index (χ4v) is 2.07. The first-order valence-corrected chi connectivity index (χ1v) is 6.78. The van der Waals surface area contributed by atoms with Gasteiger partial charge in [0.2, 0.25) is 5.95 Å². The second-order valence-electron chi connectivity index (χ2n) is 4.64. The van der Waals surface area contributed by atoms with Gasteiger partial charge in [0, 0.05) is 16.7 Å². The lowest BCUT2D eigenvalue weighted by Crippen LogP contribution is -2.20. The van der Waals surface area contributed by atoms with Crippen molar-refractivity contribution in [2.24, 2.45) is 0 Å². The van der Waals surface area contributed by atoms with Crippen LogP contribution in [-0.4, -0.2) is 25.0 Å². The Morgan fingerprint density at radius 2 is 1.83 bits per heavy atom. The zero-order chi connectivity index (χ0) is 16.6. The predicted octanol–water partition coefficient (Wildman–Crippen LogP) is 1.30. The maximum Gasteiger partial charge on any atom is 0.278 e. The number of nitrogens with one attached hydrogen (secondary N) is 2. The first kappa shape index (κ1) is 14.8. The summed E-state index contributed by atoms with van der Waals surface area (Å²) in [7, 11) is 0. The number of aromatic nitrogens is 4. The summed E-state index contributed by atoms with van der Waals surface area (Å²) in [6, 6.07) is 6.37. The third-order valence-electron chi connectivity index (χ3n) is 3.03. The van der Waals surface area contributed by atoms with E-state index in [1.807, 2.05) is 0 Å². The lowest BCUT2D eigenvalue weighted by atomic mass is 10.1. The molecule has 3 aromatic rings. The minimum Gasteiger partial charge on any atom is -0.507 e. The number of benzene rings is 1. The van der Waals surface area contributed by atoms with E-state index in [0.29, 0.717) is 10.6 Å². The van der Waals surface area contributed by atoms with Gasteiger partial charge in [0.15, 0.2) is 11.2 Å². The summed E-state index contributed by atoms with van der Waals surface area (Å²) in [6.45, 7) is 0. The summed E-state index contributed by atoms with van der Waals surface area (Å²) in [6.07, 6.45) is 1.17. The van der Waals surface area contributed by atoms with Gasteiger partial charge in [-0.15, -0.1) is 0 Å². The van der Waals surface area contributed by atoms with E-state index in [9.17, 15) is 14.7 Å². The van der Waals surface area contributed by atoms with Gasteiger partial charge in [-0.2, -0.15) is 4.98 Å². The molecule has 116 valence electrons. The number of hydrogen-bond donors (Lipinski definition) is 4. The van der Waals surface area contributed by atoms with Crippen molar-refractivity contribution in [1.82, 2.24) is 19.9 Å². The Morgan fingerprint density at radius 3 is 2.52 bits per heavy atom. The zero-order valence-electron chi connectivity index (χ0n) is 11.5. The second kappa shape index (κ2) is 5.58. The zero-order valence-corrected chi connectivity index (χ0v) is 12.3. The third-order valence-corrected chi connectivity index (χ3v) is 3.28. The highest BCUT2D eigenvalue weighted by Gasteiger charge is 2.09. The number of aliphatic hydroxyl groups is 1. The summed E-state index contributed by atoms with van der Waals surface area (Å²) in [5.41, 5.74) is 4.42. The molecule has 0 aliphatic rings. The summed E-state index contributed by atoms with van der Waals surface area (Å²) >= 11 is 5.78. The molecular weight excluding hydrogens is 322 g/mol. The molecule has 0 aliphatic heterocycles. The Labute approximate surface area is 133 Å². The number of rotatable bonds is 2. The molecule has 23 heavy (non-hydrogen) atoms. The van der Waals surface area contributed by atoms with E-state index >= 15 is 0 Å². The van der Waals surface area contributed by atoms with Crippen LogP contribution in [0.15, 0.2) is 33.9 Å². The summed E-state index contributed by atoms with van der Waals surface area (Å²) in [4.78, 5) is 36.1. The van der Waals surface area contributed by atoms with Crippen LogP contribution in [0.5, 0.6) is 0 Å². The molecule has 0 saturated carbocycles. The summed E-state index contributed by atoms with van der Waals surface area (Å²) < 4.78 is 0. The highest BCUT2D eigenvalue weighted by molar-refractivity contribution is 6.30. The van der Waals surface area contributed by atoms with E-state index < -0.39 is 11.1 Å². The topological polar surface area (TPSA) is 138 Å². The number of H-pyrrole nitrogens is 2. The maximum absolute atomic E-state index is 12.0. The average Bonchev–Trinajstić information content (AvgIpc) is 2.49. The quantitative estimate of drug-likeness (QED) is 0.522. The monoisotopic (exact) mass is 331 g/mol. The SMILES string of the molecule is Nc1nc2nc(/C=C(\O)c3ccc(Cl)cc3)c(=O)[nH]c2c(=O)[nH]1. The van der Waals surface area contributed by atoms with Gasteiger partial charge >= 0.3 is 0 Å². The summed E-state index contributed by atoms with van der Waals surface area (Å²) in [5.74, 6) is -0.310. The second-order valence-corrected chi connectivity index (χ2v) is 5.07. The van der Waals surface area contributed by atoms with E-state index in [2.05, 4.69) is 19.9 Å². The van der Waals surface area contributed by atoms with Gasteiger partial charge in [-0.1, -0.05) is 11.6 Å². The van der Waals surface area contributed by atoms with Crippen LogP contribution in [-0.2, 0) is 0 Å². The van der Waals surface area contributed by atoms with Crippen LogP contribution in [0.1, 0.15) is 11.3 Å². The van der Waals surface area contributed by atoms with Crippen LogP contribution in [0.25, 0.3) is 23.0 Å². The van der Waals surface area contributed by atoms with Crippen molar-refractivity contribution in [3.63, 3.8) is 0 Å². The molecule has 1 aromatic carbocycles. The standard InChI is InChI=1S/C14H10ClN5O3/c15-7-3-1-6(2-4-7)9(21)5-8-12(22)18-10-11(17-8)19-14(16)20-13(10)23/h1-5,21H,(H,18,22)(H3,16,17,19,20,23)/b9-5-. The number of aromatic amines is 2. The Kier molecular flexibility index (Phi) is 3.59. The molecule has 0 spiro atoms. The van der Waals surface area contributed by atoms with E-state index in [1.165, 1.54) is 6.08 Å². The highest BCUT2D eigenvalue weighted by atomic mass is 35.5. The normalized spacial score (nSPS) is 11.8. The smallest absolute Gasteiger partial charge is 0.278 e. The number of anilines is 1. The third kappa shape index (κ3) is 2.92. The van der Waals surface area contributed by atoms with E-state index in [1.54, 1.807) is 24.3 Å². The molecular formula is C14H10ClN5O3. The molecule has 2 heterocycles. The molecule has 0 radical (unpaired) electrons. The molecule has 5 N–H and O–H groups in total. The van der Waals surface area contributed by atoms with Crippen molar-refractivity contribution in [2.75, 3.05) is 5.73 Å². The van der Waals surface area contributed by atoms with Crippen LogP contribution < -0.4 is 16.9 Å². The van der Waals surface area contributed by atoms with E-state index in [4.69, 9.17) is 17.3 Å². The summed E-state index contributed by atoms with van der Waals surface area (Å²) in [5, 5.41) is 10.6. The first-order chi connectivity index (χ1) is 10.9. The Morgan fingerprint density at radius 1 is 1.13 bits per heavy atom. The number of halogens is 1. The molecule has 2 aromatic heterocycles. The van der Waals surface area contributed by atoms with Crippen molar-refractivity contribution in [2.45, 2.75) is 0 Å². The Bertz CT molecular complexity index is 1040. The van der Waals surface area contributed by atoms with Crippen LogP contribution in [0.3, 0.4) is 0 Å². The lowest BCUT2D eigenvalue weighted by molar-refractivity contribution is 0.515. The highest BCUT2D eigenvalue weighted by Crippen LogP contribution is 2.17. The number of fused-ring (bicyclic) bond motifs is 1.